The van der Waals surface area contributed by atoms with E-state index in [0.29, 0.717) is 28.1 Å². The molecule has 0 saturated heterocycles. The van der Waals surface area contributed by atoms with Gasteiger partial charge < -0.3 is 14.8 Å². The number of rotatable bonds is 6. The lowest BCUT2D eigenvalue weighted by Crippen LogP contribution is -2.31. The van der Waals surface area contributed by atoms with E-state index in [1.807, 2.05) is 20.8 Å². The Bertz CT molecular complexity index is 449. The van der Waals surface area contributed by atoms with Crippen molar-refractivity contribution in [2.45, 2.75) is 33.2 Å². The number of benzene rings is 1. The number of nitrogens with one attached hydrogen (secondary N) is 1. The van der Waals surface area contributed by atoms with Crippen molar-refractivity contribution in [2.75, 3.05) is 13.7 Å². The number of amides is 1. The number of carbonyl (C=O) groups is 1. The summed E-state index contributed by atoms with van der Waals surface area (Å²) in [6.45, 7) is 6.43. The van der Waals surface area contributed by atoms with E-state index in [9.17, 15) is 4.79 Å². The van der Waals surface area contributed by atoms with Crippen molar-refractivity contribution in [3.05, 3.63) is 22.2 Å². The molecule has 1 amide bonds. The Morgan fingerprint density at radius 2 is 2.11 bits per heavy atom. The second-order valence-corrected chi connectivity index (χ2v) is 5.06. The van der Waals surface area contributed by atoms with Crippen molar-refractivity contribution in [2.24, 2.45) is 0 Å². The zero-order chi connectivity index (χ0) is 14.4. The molecule has 0 aliphatic carbocycles. The lowest BCUT2D eigenvalue weighted by atomic mass is 10.1. The molecule has 0 heterocycles. The van der Waals surface area contributed by atoms with E-state index in [2.05, 4.69) is 21.2 Å². The van der Waals surface area contributed by atoms with E-state index in [1.54, 1.807) is 19.2 Å². The maximum absolute atomic E-state index is 12.1. The molecule has 0 aliphatic rings. The SMILES string of the molecule is CCOc1c(Br)cc(C(=O)N[C@H](C)CC)cc1OC. The number of ether oxygens (including phenoxy) is 2. The minimum Gasteiger partial charge on any atom is -0.493 e. The molecular formula is C14H20BrNO3. The fourth-order valence-corrected chi connectivity index (χ4v) is 2.10. The minimum absolute atomic E-state index is 0.114. The first-order chi connectivity index (χ1) is 9.03. The van der Waals surface area contributed by atoms with Crippen LogP contribution in [0.2, 0.25) is 0 Å². The van der Waals surface area contributed by atoms with Crippen molar-refractivity contribution in [1.82, 2.24) is 5.32 Å². The van der Waals surface area contributed by atoms with Gasteiger partial charge in [-0.15, -0.1) is 0 Å². The molecule has 19 heavy (non-hydrogen) atoms. The van der Waals surface area contributed by atoms with Crippen LogP contribution in [0.25, 0.3) is 0 Å². The average Bonchev–Trinajstić information content (AvgIpc) is 2.40. The molecule has 1 aromatic carbocycles. The lowest BCUT2D eigenvalue weighted by Gasteiger charge is -2.15. The third-order valence-electron chi connectivity index (χ3n) is 2.77. The fourth-order valence-electron chi connectivity index (χ4n) is 1.54. The van der Waals surface area contributed by atoms with Gasteiger partial charge in [0.2, 0.25) is 0 Å². The molecule has 0 aromatic heterocycles. The van der Waals surface area contributed by atoms with Crippen LogP contribution in [0, 0.1) is 0 Å². The summed E-state index contributed by atoms with van der Waals surface area (Å²) < 4.78 is 11.5. The Morgan fingerprint density at radius 1 is 1.42 bits per heavy atom. The topological polar surface area (TPSA) is 47.6 Å². The zero-order valence-corrected chi connectivity index (χ0v) is 13.3. The standard InChI is InChI=1S/C14H20BrNO3/c1-5-9(3)16-14(17)10-7-11(15)13(19-6-2)12(8-10)18-4/h7-9H,5-6H2,1-4H3,(H,16,17)/t9-/m1/s1. The quantitative estimate of drug-likeness (QED) is 0.870. The molecule has 5 heteroatoms. The number of hydrogen-bond acceptors (Lipinski definition) is 3. The van der Waals surface area contributed by atoms with Gasteiger partial charge in [-0.2, -0.15) is 0 Å². The Kier molecular flexibility index (Phi) is 6.15. The van der Waals surface area contributed by atoms with Gasteiger partial charge in [-0.3, -0.25) is 4.79 Å². The van der Waals surface area contributed by atoms with Crippen LogP contribution in [-0.2, 0) is 0 Å². The zero-order valence-electron chi connectivity index (χ0n) is 11.7. The molecular weight excluding hydrogens is 310 g/mol. The first-order valence-electron chi connectivity index (χ1n) is 6.34. The molecule has 1 aromatic rings. The molecule has 0 saturated carbocycles. The number of hydrogen-bond donors (Lipinski definition) is 1. The van der Waals surface area contributed by atoms with E-state index in [1.165, 1.54) is 0 Å². The number of halogens is 1. The van der Waals surface area contributed by atoms with Crippen LogP contribution >= 0.6 is 15.9 Å². The van der Waals surface area contributed by atoms with Gasteiger partial charge >= 0.3 is 0 Å². The Labute approximate surface area is 122 Å². The Hall–Kier alpha value is -1.23. The monoisotopic (exact) mass is 329 g/mol. The van der Waals surface area contributed by atoms with Crippen LogP contribution in [0.5, 0.6) is 11.5 Å². The molecule has 0 aliphatic heterocycles. The summed E-state index contributed by atoms with van der Waals surface area (Å²) in [5.41, 5.74) is 0.549. The summed E-state index contributed by atoms with van der Waals surface area (Å²) in [5, 5.41) is 2.92. The van der Waals surface area contributed by atoms with Crippen LogP contribution in [0.1, 0.15) is 37.6 Å². The van der Waals surface area contributed by atoms with Crippen molar-refractivity contribution >= 4 is 21.8 Å². The highest BCUT2D eigenvalue weighted by molar-refractivity contribution is 9.10. The first kappa shape index (κ1) is 15.8. The number of methoxy groups -OCH3 is 1. The van der Waals surface area contributed by atoms with Gasteiger partial charge in [-0.25, -0.2) is 0 Å². The summed E-state index contributed by atoms with van der Waals surface area (Å²) in [7, 11) is 1.56. The van der Waals surface area contributed by atoms with E-state index in [0.717, 1.165) is 6.42 Å². The van der Waals surface area contributed by atoms with Crippen LogP contribution in [0.3, 0.4) is 0 Å². The van der Waals surface area contributed by atoms with Gasteiger partial charge in [-0.05, 0) is 48.3 Å². The van der Waals surface area contributed by atoms with Gasteiger partial charge in [0.15, 0.2) is 11.5 Å². The first-order valence-corrected chi connectivity index (χ1v) is 7.13. The van der Waals surface area contributed by atoms with Crippen LogP contribution in [-0.4, -0.2) is 25.7 Å². The minimum atomic E-state index is -0.114. The third kappa shape index (κ3) is 4.13. The van der Waals surface area contributed by atoms with Gasteiger partial charge in [0.1, 0.15) is 0 Å². The highest BCUT2D eigenvalue weighted by Crippen LogP contribution is 2.36. The molecule has 1 atom stereocenters. The molecule has 0 fully saturated rings. The molecule has 4 nitrogen and oxygen atoms in total. The normalized spacial score (nSPS) is 11.8. The Balaban J connectivity index is 3.04. The summed E-state index contributed by atoms with van der Waals surface area (Å²) in [6.07, 6.45) is 0.890. The van der Waals surface area contributed by atoms with E-state index >= 15 is 0 Å². The summed E-state index contributed by atoms with van der Waals surface area (Å²) in [6, 6.07) is 3.57. The third-order valence-corrected chi connectivity index (χ3v) is 3.36. The molecule has 106 valence electrons. The van der Waals surface area contributed by atoms with E-state index < -0.39 is 0 Å². The predicted molar refractivity (Wildman–Crippen MR) is 79.1 cm³/mol. The summed E-state index contributed by atoms with van der Waals surface area (Å²) >= 11 is 3.41. The van der Waals surface area contributed by atoms with Crippen molar-refractivity contribution in [1.29, 1.82) is 0 Å². The van der Waals surface area contributed by atoms with Crippen LogP contribution < -0.4 is 14.8 Å². The van der Waals surface area contributed by atoms with Crippen LogP contribution in [0.15, 0.2) is 16.6 Å². The second-order valence-electron chi connectivity index (χ2n) is 4.21. The van der Waals surface area contributed by atoms with Gasteiger partial charge in [-0.1, -0.05) is 6.92 Å². The molecule has 1 N–H and O–H groups in total. The van der Waals surface area contributed by atoms with Crippen molar-refractivity contribution in [3.8, 4) is 11.5 Å². The lowest BCUT2D eigenvalue weighted by molar-refractivity contribution is 0.0939. The number of carbonyl (C=O) groups excluding carboxylic acids is 1. The Morgan fingerprint density at radius 3 is 2.63 bits per heavy atom. The highest BCUT2D eigenvalue weighted by atomic mass is 79.9. The maximum atomic E-state index is 12.1. The summed E-state index contributed by atoms with van der Waals surface area (Å²) in [4.78, 5) is 12.1. The molecule has 0 unspecified atom stereocenters. The fraction of sp³-hybridized carbons (Fsp3) is 0.500. The van der Waals surface area contributed by atoms with Gasteiger partial charge in [0, 0.05) is 11.6 Å². The predicted octanol–water partition coefficient (Wildman–Crippen LogP) is 3.38. The largest absolute Gasteiger partial charge is 0.493 e. The van der Waals surface area contributed by atoms with E-state index in [-0.39, 0.29) is 11.9 Å². The van der Waals surface area contributed by atoms with Crippen LogP contribution in [0.4, 0.5) is 0 Å². The molecule has 0 spiro atoms. The average molecular weight is 330 g/mol. The second kappa shape index (κ2) is 7.38. The molecule has 0 bridgehead atoms. The summed E-state index contributed by atoms with van der Waals surface area (Å²) in [5.74, 6) is 1.05. The van der Waals surface area contributed by atoms with Gasteiger partial charge in [0.25, 0.3) is 5.91 Å². The van der Waals surface area contributed by atoms with Crippen molar-refractivity contribution in [3.63, 3.8) is 0 Å². The van der Waals surface area contributed by atoms with Gasteiger partial charge in [0.05, 0.1) is 18.2 Å². The highest BCUT2D eigenvalue weighted by Gasteiger charge is 2.16. The molecule has 1 rings (SSSR count). The van der Waals surface area contributed by atoms with Crippen molar-refractivity contribution < 1.29 is 14.3 Å². The molecule has 0 radical (unpaired) electrons. The van der Waals surface area contributed by atoms with E-state index in [4.69, 9.17) is 9.47 Å². The smallest absolute Gasteiger partial charge is 0.251 e. The maximum Gasteiger partial charge on any atom is 0.251 e.